The third-order valence-corrected chi connectivity index (χ3v) is 1.78. The molecule has 0 saturated carbocycles. The zero-order valence-corrected chi connectivity index (χ0v) is 8.91. The predicted octanol–water partition coefficient (Wildman–Crippen LogP) is 1.87. The Morgan fingerprint density at radius 1 is 1.41 bits per heavy atom. The number of ether oxygens (including phenoxy) is 1. The van der Waals surface area contributed by atoms with Crippen LogP contribution in [-0.4, -0.2) is 18.3 Å². The molecule has 1 aromatic carbocycles. The van der Waals surface area contributed by atoms with Crippen molar-refractivity contribution >= 4 is 11.6 Å². The van der Waals surface area contributed by atoms with Crippen molar-refractivity contribution in [2.45, 2.75) is 19.3 Å². The molecule has 1 aromatic rings. The molecule has 0 fully saturated rings. The zero-order chi connectivity index (χ0) is 13.1. The van der Waals surface area contributed by atoms with Crippen molar-refractivity contribution in [2.24, 2.45) is 5.73 Å². The van der Waals surface area contributed by atoms with E-state index in [9.17, 15) is 18.0 Å². The van der Waals surface area contributed by atoms with Crippen molar-refractivity contribution in [3.8, 4) is 5.75 Å². The van der Waals surface area contributed by atoms with E-state index in [4.69, 9.17) is 5.73 Å². The number of hydrogen-bond acceptors (Lipinski definition) is 3. The molecule has 1 amide bonds. The monoisotopic (exact) mass is 248 g/mol. The Morgan fingerprint density at radius 3 is 2.53 bits per heavy atom. The van der Waals surface area contributed by atoms with Gasteiger partial charge >= 0.3 is 6.36 Å². The molecule has 0 aliphatic rings. The van der Waals surface area contributed by atoms with Crippen molar-refractivity contribution in [2.75, 3.05) is 5.32 Å². The molecular formula is C10H11F3N2O2. The number of carbonyl (C=O) groups excluding carboxylic acids is 1. The molecule has 4 nitrogen and oxygen atoms in total. The van der Waals surface area contributed by atoms with Gasteiger partial charge in [0.25, 0.3) is 0 Å². The van der Waals surface area contributed by atoms with Crippen LogP contribution in [-0.2, 0) is 4.79 Å². The maximum absolute atomic E-state index is 12.1. The van der Waals surface area contributed by atoms with Crippen LogP contribution in [0.15, 0.2) is 24.3 Å². The minimum Gasteiger partial charge on any atom is -0.404 e. The first kappa shape index (κ1) is 13.3. The van der Waals surface area contributed by atoms with E-state index in [1.807, 2.05) is 0 Å². The molecule has 1 atom stereocenters. The van der Waals surface area contributed by atoms with E-state index in [1.54, 1.807) is 0 Å². The van der Waals surface area contributed by atoms with Gasteiger partial charge < -0.3 is 15.8 Å². The number of nitrogens with one attached hydrogen (secondary N) is 1. The van der Waals surface area contributed by atoms with Gasteiger partial charge in [-0.15, -0.1) is 13.2 Å². The SMILES string of the molecule is C[C@H](N)C(=O)Nc1ccccc1OC(F)(F)F. The molecule has 1 rings (SSSR count). The van der Waals surface area contributed by atoms with Gasteiger partial charge in [-0.2, -0.15) is 0 Å². The van der Waals surface area contributed by atoms with Gasteiger partial charge in [0.15, 0.2) is 5.75 Å². The third-order valence-electron chi connectivity index (χ3n) is 1.78. The lowest BCUT2D eigenvalue weighted by Crippen LogP contribution is -2.32. The summed E-state index contributed by atoms with van der Waals surface area (Å²) in [5.41, 5.74) is 5.21. The van der Waals surface area contributed by atoms with Gasteiger partial charge in [0.2, 0.25) is 5.91 Å². The summed E-state index contributed by atoms with van der Waals surface area (Å²) in [7, 11) is 0. The zero-order valence-electron chi connectivity index (χ0n) is 8.91. The van der Waals surface area contributed by atoms with Crippen molar-refractivity contribution < 1.29 is 22.7 Å². The van der Waals surface area contributed by atoms with Gasteiger partial charge in [-0.3, -0.25) is 4.79 Å². The van der Waals surface area contributed by atoms with Crippen LogP contribution in [0.4, 0.5) is 18.9 Å². The second-order valence-electron chi connectivity index (χ2n) is 3.32. The van der Waals surface area contributed by atoms with Crippen molar-refractivity contribution in [1.82, 2.24) is 0 Å². The van der Waals surface area contributed by atoms with Crippen LogP contribution in [0.25, 0.3) is 0 Å². The minimum absolute atomic E-state index is 0.0767. The smallest absolute Gasteiger partial charge is 0.404 e. The second kappa shape index (κ2) is 5.05. The molecule has 3 N–H and O–H groups in total. The Bertz CT molecular complexity index is 405. The number of para-hydroxylation sites is 2. The summed E-state index contributed by atoms with van der Waals surface area (Å²) in [6.45, 7) is 1.42. The van der Waals surface area contributed by atoms with Crippen LogP contribution in [0.3, 0.4) is 0 Å². The molecular weight excluding hydrogens is 237 g/mol. The summed E-state index contributed by atoms with van der Waals surface area (Å²) in [6, 6.07) is 4.41. The molecule has 7 heteroatoms. The average Bonchev–Trinajstić information content (AvgIpc) is 2.18. The van der Waals surface area contributed by atoms with Crippen molar-refractivity contribution in [1.29, 1.82) is 0 Å². The van der Waals surface area contributed by atoms with E-state index in [0.717, 1.165) is 6.07 Å². The number of rotatable bonds is 3. The van der Waals surface area contributed by atoms with E-state index in [1.165, 1.54) is 25.1 Å². The van der Waals surface area contributed by atoms with Crippen LogP contribution in [0.2, 0.25) is 0 Å². The Balaban J connectivity index is 2.89. The van der Waals surface area contributed by atoms with Crippen LogP contribution in [0.5, 0.6) is 5.75 Å². The van der Waals surface area contributed by atoms with Crippen LogP contribution in [0, 0.1) is 0 Å². The first-order valence-corrected chi connectivity index (χ1v) is 4.71. The molecule has 0 aliphatic carbocycles. The van der Waals surface area contributed by atoms with Gasteiger partial charge in [0, 0.05) is 0 Å². The molecule has 0 heterocycles. The summed E-state index contributed by atoms with van der Waals surface area (Å²) in [5.74, 6) is -1.07. The molecule has 0 aliphatic heterocycles. The molecule has 0 aromatic heterocycles. The summed E-state index contributed by atoms with van der Waals surface area (Å²) < 4.78 is 39.9. The molecule has 17 heavy (non-hydrogen) atoms. The first-order chi connectivity index (χ1) is 7.79. The second-order valence-corrected chi connectivity index (χ2v) is 3.32. The normalized spacial score (nSPS) is 13.0. The van der Waals surface area contributed by atoms with Gasteiger partial charge in [-0.25, -0.2) is 0 Å². The quantitative estimate of drug-likeness (QED) is 0.858. The van der Waals surface area contributed by atoms with Gasteiger partial charge in [-0.1, -0.05) is 12.1 Å². The van der Waals surface area contributed by atoms with Gasteiger partial charge in [0.05, 0.1) is 11.7 Å². The number of halogens is 3. The van der Waals surface area contributed by atoms with Gasteiger partial charge in [-0.05, 0) is 19.1 Å². The Hall–Kier alpha value is -1.76. The lowest BCUT2D eigenvalue weighted by Gasteiger charge is -2.14. The third kappa shape index (κ3) is 4.31. The molecule has 0 radical (unpaired) electrons. The number of nitrogens with two attached hydrogens (primary N) is 1. The summed E-state index contributed by atoms with van der Waals surface area (Å²) >= 11 is 0. The molecule has 0 saturated heterocycles. The number of alkyl halides is 3. The first-order valence-electron chi connectivity index (χ1n) is 4.71. The predicted molar refractivity (Wildman–Crippen MR) is 55.4 cm³/mol. The van der Waals surface area contributed by atoms with Crippen molar-refractivity contribution in [3.05, 3.63) is 24.3 Å². The summed E-state index contributed by atoms with van der Waals surface area (Å²) in [4.78, 5) is 11.3. The number of anilines is 1. The van der Waals surface area contributed by atoms with E-state index in [2.05, 4.69) is 10.1 Å². The van der Waals surface area contributed by atoms with Crippen LogP contribution < -0.4 is 15.8 Å². The Kier molecular flexibility index (Phi) is 3.95. The highest BCUT2D eigenvalue weighted by Gasteiger charge is 2.32. The van der Waals surface area contributed by atoms with E-state index in [0.29, 0.717) is 0 Å². The molecule has 94 valence electrons. The van der Waals surface area contributed by atoms with Crippen molar-refractivity contribution in [3.63, 3.8) is 0 Å². The van der Waals surface area contributed by atoms with Crippen LogP contribution >= 0.6 is 0 Å². The lowest BCUT2D eigenvalue weighted by molar-refractivity contribution is -0.274. The standard InChI is InChI=1S/C10H11F3N2O2/c1-6(14)9(16)15-7-4-2-3-5-8(7)17-10(11,12)13/h2-6H,14H2,1H3,(H,15,16)/t6-/m0/s1. The Labute approximate surface area is 95.6 Å². The summed E-state index contributed by atoms with van der Waals surface area (Å²) in [5, 5.41) is 2.24. The van der Waals surface area contributed by atoms with Gasteiger partial charge in [0.1, 0.15) is 0 Å². The fourth-order valence-corrected chi connectivity index (χ4v) is 1.03. The summed E-state index contributed by atoms with van der Waals surface area (Å²) in [6.07, 6.45) is -4.81. The largest absolute Gasteiger partial charge is 0.573 e. The minimum atomic E-state index is -4.81. The maximum atomic E-state index is 12.1. The van der Waals surface area contributed by atoms with E-state index in [-0.39, 0.29) is 5.69 Å². The molecule has 0 bridgehead atoms. The number of hydrogen-bond donors (Lipinski definition) is 2. The fraction of sp³-hybridized carbons (Fsp3) is 0.300. The average molecular weight is 248 g/mol. The van der Waals surface area contributed by atoms with E-state index < -0.39 is 24.1 Å². The fourth-order valence-electron chi connectivity index (χ4n) is 1.03. The lowest BCUT2D eigenvalue weighted by atomic mass is 10.2. The number of amides is 1. The number of carbonyl (C=O) groups is 1. The highest BCUT2D eigenvalue weighted by molar-refractivity contribution is 5.95. The maximum Gasteiger partial charge on any atom is 0.573 e. The molecule has 0 unspecified atom stereocenters. The number of benzene rings is 1. The topological polar surface area (TPSA) is 64.4 Å². The highest BCUT2D eigenvalue weighted by Crippen LogP contribution is 2.29. The van der Waals surface area contributed by atoms with Crippen LogP contribution in [0.1, 0.15) is 6.92 Å². The highest BCUT2D eigenvalue weighted by atomic mass is 19.4. The van der Waals surface area contributed by atoms with E-state index >= 15 is 0 Å². The Morgan fingerprint density at radius 2 is 2.00 bits per heavy atom. The molecule has 0 spiro atoms.